The van der Waals surface area contributed by atoms with Crippen LogP contribution in [0.3, 0.4) is 0 Å². The van der Waals surface area contributed by atoms with E-state index in [-0.39, 0.29) is 43.5 Å². The molecule has 4 aromatic rings. The van der Waals surface area contributed by atoms with Crippen molar-refractivity contribution >= 4 is 74.3 Å². The number of ether oxygens (including phenoxy) is 2. The van der Waals surface area contributed by atoms with Gasteiger partial charge in [-0.05, 0) is 0 Å². The molecule has 4 unspecified atom stereocenters. The Labute approximate surface area is 265 Å². The molecule has 3 aliphatic heterocycles. The second-order valence-corrected chi connectivity index (χ2v) is 13.8. The maximum Gasteiger partial charge on any atom is 0.268 e. The maximum absolute atomic E-state index is 13.0. The molecule has 46 heavy (non-hydrogen) atoms. The summed E-state index contributed by atoms with van der Waals surface area (Å²) in [6, 6.07) is 0. The maximum atomic E-state index is 13.0. The number of aliphatic hydroxyl groups excluding tert-OH is 2. The monoisotopic (exact) mass is 720 g/mol. The fourth-order valence-electron chi connectivity index (χ4n) is 5.41. The van der Waals surface area contributed by atoms with Gasteiger partial charge >= 0.3 is 0 Å². The van der Waals surface area contributed by atoms with Crippen LogP contribution in [0.1, 0.15) is 12.5 Å². The van der Waals surface area contributed by atoms with Crippen molar-refractivity contribution in [2.75, 3.05) is 24.7 Å². The summed E-state index contributed by atoms with van der Waals surface area (Å²) in [5, 5.41) is 22.3. The van der Waals surface area contributed by atoms with Crippen LogP contribution in [0.4, 0.5) is 11.9 Å². The third-order valence-corrected chi connectivity index (χ3v) is 9.90. The molecule has 3 aliphatic rings. The number of aromatic amines is 2. The molecule has 0 spiro atoms. The van der Waals surface area contributed by atoms with E-state index in [4.69, 9.17) is 63.5 Å². The largest absolute Gasteiger partial charge is 0.756 e. The summed E-state index contributed by atoms with van der Waals surface area (Å²) in [6.07, 6.45) is -10.4. The van der Waals surface area contributed by atoms with Gasteiger partial charge in [0, 0.05) is 0 Å². The zero-order chi connectivity index (χ0) is 32.7. The van der Waals surface area contributed by atoms with E-state index in [2.05, 4.69) is 29.9 Å². The number of nitrogens with one attached hydrogen (secondary N) is 2. The number of nitrogen functional groups attached to an aromatic ring is 2. The van der Waals surface area contributed by atoms with Gasteiger partial charge in [0.2, 0.25) is 0 Å². The van der Waals surface area contributed by atoms with Gasteiger partial charge in [0.1, 0.15) is 59.0 Å². The van der Waals surface area contributed by atoms with Gasteiger partial charge in [0.15, 0.2) is 33.6 Å². The normalized spacial score (nSPS) is 37.1. The van der Waals surface area contributed by atoms with E-state index in [9.17, 15) is 29.1 Å². The molecule has 0 radical (unpaired) electrons. The average molecular weight is 721 g/mol. The van der Waals surface area contributed by atoms with Crippen LogP contribution >= 0.6 is 40.1 Å². The van der Waals surface area contributed by atoms with Crippen LogP contribution in [0.15, 0.2) is 12.7 Å². The summed E-state index contributed by atoms with van der Waals surface area (Å²) in [5.41, 5.74) is 12.2. The Morgan fingerprint density at radius 2 is 1.20 bits per heavy atom. The average Bonchev–Trinajstić information content (AvgIpc) is 3.72. The van der Waals surface area contributed by atoms with Crippen molar-refractivity contribution in [3.8, 4) is 0 Å². The molecular formula is C20H22N10O12P2S2-2. The van der Waals surface area contributed by atoms with E-state index >= 15 is 0 Å². The van der Waals surface area contributed by atoms with Crippen LogP contribution in [0.2, 0.25) is 0 Å². The van der Waals surface area contributed by atoms with E-state index in [1.165, 1.54) is 21.8 Å². The second-order valence-electron chi connectivity index (χ2n) is 10.3. The predicted molar refractivity (Wildman–Crippen MR) is 151 cm³/mol. The molecule has 10 atom stereocenters. The van der Waals surface area contributed by atoms with Gasteiger partial charge in [-0.25, -0.2) is 19.9 Å². The van der Waals surface area contributed by atoms with Crippen LogP contribution < -0.4 is 21.3 Å². The zero-order valence-corrected chi connectivity index (χ0v) is 26.1. The molecule has 7 rings (SSSR count). The van der Waals surface area contributed by atoms with E-state index in [0.717, 1.165) is 0 Å². The number of hydrogen-bond donors (Lipinski definition) is 6. The third-order valence-electron chi connectivity index (χ3n) is 7.39. The minimum Gasteiger partial charge on any atom is -0.756 e. The SMILES string of the molecule is Nc1nc(=S)c2ncn([C@@H]3O[C@@H]4COP(=O)([O-])OC5[C@@H](COP(=O)([O-])OC4[C@@H]3O)O[C@@H](n3cnc4c(=S)nc(N)[nH]c43)[C@H]5O)c2[nH]1. The summed E-state index contributed by atoms with van der Waals surface area (Å²) in [4.78, 5) is 47.5. The highest BCUT2D eigenvalue weighted by molar-refractivity contribution is 7.71. The molecule has 3 fully saturated rings. The number of phosphoric acid groups is 2. The molecule has 248 valence electrons. The number of aromatic nitrogens is 8. The van der Waals surface area contributed by atoms with Gasteiger partial charge in [-0.3, -0.25) is 18.3 Å². The lowest BCUT2D eigenvalue weighted by Crippen LogP contribution is -2.41. The van der Waals surface area contributed by atoms with E-state index in [1.54, 1.807) is 0 Å². The van der Waals surface area contributed by atoms with E-state index < -0.39 is 77.9 Å². The van der Waals surface area contributed by atoms with Crippen molar-refractivity contribution in [3.05, 3.63) is 21.9 Å². The molecule has 3 saturated heterocycles. The lowest BCUT2D eigenvalue weighted by molar-refractivity contribution is -0.244. The minimum absolute atomic E-state index is 0.0354. The number of H-pyrrole nitrogens is 2. The molecule has 0 amide bonds. The first-order valence-corrected chi connectivity index (χ1v) is 16.8. The van der Waals surface area contributed by atoms with Crippen LogP contribution in [0, 0.1) is 9.28 Å². The zero-order valence-electron chi connectivity index (χ0n) is 22.7. The van der Waals surface area contributed by atoms with Gasteiger partial charge in [-0.15, -0.1) is 0 Å². The first-order valence-electron chi connectivity index (χ1n) is 13.1. The van der Waals surface area contributed by atoms with Crippen LogP contribution in [-0.2, 0) is 36.7 Å². The van der Waals surface area contributed by atoms with Gasteiger partial charge in [-0.1, -0.05) is 24.4 Å². The summed E-state index contributed by atoms with van der Waals surface area (Å²) in [6.45, 7) is -1.78. The molecule has 0 aliphatic carbocycles. The molecule has 0 bridgehead atoms. The number of phosphoric ester groups is 2. The fraction of sp³-hybridized carbons (Fsp3) is 0.500. The lowest BCUT2D eigenvalue weighted by atomic mass is 10.1. The topological polar surface area (TPSA) is 321 Å². The third kappa shape index (κ3) is 5.58. The number of hydrogen-bond acceptors (Lipinski definition) is 20. The minimum atomic E-state index is -5.30. The van der Waals surface area contributed by atoms with Crippen molar-refractivity contribution in [3.63, 3.8) is 0 Å². The molecule has 7 heterocycles. The predicted octanol–water partition coefficient (Wildman–Crippen LogP) is -1.57. The van der Waals surface area contributed by atoms with Gasteiger partial charge < -0.3 is 69.0 Å². The molecule has 26 heteroatoms. The molecule has 0 saturated carbocycles. The molecule has 4 aromatic heterocycles. The van der Waals surface area contributed by atoms with Crippen LogP contribution in [0.5, 0.6) is 0 Å². The van der Waals surface area contributed by atoms with Gasteiger partial charge in [0.05, 0.1) is 25.9 Å². The number of rotatable bonds is 2. The summed E-state index contributed by atoms with van der Waals surface area (Å²) < 4.78 is 60.6. The first-order chi connectivity index (χ1) is 21.7. The van der Waals surface area contributed by atoms with Crippen LogP contribution in [-0.4, -0.2) is 99.1 Å². The van der Waals surface area contributed by atoms with Crippen molar-refractivity contribution in [1.29, 1.82) is 0 Å². The summed E-state index contributed by atoms with van der Waals surface area (Å²) >= 11 is 10.3. The quantitative estimate of drug-likeness (QED) is 0.101. The highest BCUT2D eigenvalue weighted by atomic mass is 32.1. The standard InChI is InChI=1S/C20H24N10O12P2S2/c21-19-25-13-7(15(45)27-19)23-3-29(13)17-9(31)11-5(39-17)1-37-43(33,34)42-12-6(2-38-44(35,36)41-11)40-18(10(12)32)30-4-24-8-14(30)26-20(22)28-16(8)46/h3-6,9-12,17-18,31-32H,1-2H2,(H,33,34)(H,35,36)(H3,21,25,27,45)(H3,22,26,28,46)/p-2/t5-,6-,9+,10+,11?,12?,17-,18-/m1/s1. The fourth-order valence-corrected chi connectivity index (χ4v) is 7.80. The van der Waals surface area contributed by atoms with Gasteiger partial charge in [0.25, 0.3) is 15.6 Å². The summed E-state index contributed by atoms with van der Waals surface area (Å²) in [7, 11) is -10.6. The van der Waals surface area contributed by atoms with E-state index in [0.29, 0.717) is 0 Å². The number of anilines is 2. The Kier molecular flexibility index (Phi) is 7.89. The van der Waals surface area contributed by atoms with Crippen molar-refractivity contribution in [2.45, 2.75) is 49.1 Å². The number of imidazole rings is 2. The summed E-state index contributed by atoms with van der Waals surface area (Å²) in [5.74, 6) is -0.162. The first kappa shape index (κ1) is 31.8. The lowest BCUT2D eigenvalue weighted by Gasteiger charge is -2.34. The Morgan fingerprint density at radius 3 is 1.59 bits per heavy atom. The van der Waals surface area contributed by atoms with Crippen molar-refractivity contribution < 1.29 is 56.7 Å². The highest BCUT2D eigenvalue weighted by Gasteiger charge is 2.51. The molecule has 8 N–H and O–H groups in total. The second kappa shape index (κ2) is 11.4. The molecular weight excluding hydrogens is 698 g/mol. The Morgan fingerprint density at radius 1 is 0.804 bits per heavy atom. The molecule has 22 nitrogen and oxygen atoms in total. The Hall–Kier alpha value is -2.80. The highest BCUT2D eigenvalue weighted by Crippen LogP contribution is 2.50. The van der Waals surface area contributed by atoms with Crippen molar-refractivity contribution in [1.82, 2.24) is 39.0 Å². The number of aliphatic hydroxyl groups is 2. The van der Waals surface area contributed by atoms with Crippen molar-refractivity contribution in [2.24, 2.45) is 0 Å². The number of nitrogens with zero attached hydrogens (tertiary/aromatic N) is 6. The Balaban J connectivity index is 1.18. The molecule has 0 aromatic carbocycles. The smallest absolute Gasteiger partial charge is 0.268 e. The van der Waals surface area contributed by atoms with Crippen LogP contribution in [0.25, 0.3) is 22.3 Å². The number of nitrogens with two attached hydrogens (primary N) is 2. The number of fused-ring (bicyclic) bond motifs is 4. The Bertz CT molecular complexity index is 1910. The van der Waals surface area contributed by atoms with E-state index in [1.807, 2.05) is 0 Å². The van der Waals surface area contributed by atoms with Gasteiger partial charge in [-0.2, -0.15) is 0 Å².